The van der Waals surface area contributed by atoms with Gasteiger partial charge < -0.3 is 19.7 Å². The Morgan fingerprint density at radius 3 is 2.57 bits per heavy atom. The molecule has 2 aliphatic heterocycles. The molecule has 1 amide bonds. The van der Waals surface area contributed by atoms with E-state index in [0.717, 1.165) is 63.5 Å². The van der Waals surface area contributed by atoms with Gasteiger partial charge in [0.15, 0.2) is 11.5 Å². The first-order valence-electron chi connectivity index (χ1n) is 11.6. The molecule has 0 radical (unpaired) electrons. The normalized spacial score (nSPS) is 22.8. The van der Waals surface area contributed by atoms with Gasteiger partial charge in [0.05, 0.1) is 20.1 Å². The van der Waals surface area contributed by atoms with E-state index >= 15 is 0 Å². The first-order valence-corrected chi connectivity index (χ1v) is 11.6. The largest absolute Gasteiger partial charge is 0.493 e. The highest BCUT2D eigenvalue weighted by atomic mass is 16.5. The van der Waals surface area contributed by atoms with E-state index in [-0.39, 0.29) is 11.8 Å². The van der Waals surface area contributed by atoms with Gasteiger partial charge in [-0.15, -0.1) is 0 Å². The summed E-state index contributed by atoms with van der Waals surface area (Å²) in [5, 5.41) is 3.17. The van der Waals surface area contributed by atoms with Crippen molar-refractivity contribution in [2.75, 3.05) is 53.5 Å². The molecule has 0 bridgehead atoms. The summed E-state index contributed by atoms with van der Waals surface area (Å²) < 4.78 is 10.8. The third kappa shape index (κ3) is 6.35. The van der Waals surface area contributed by atoms with Gasteiger partial charge in [0.2, 0.25) is 5.91 Å². The van der Waals surface area contributed by atoms with Crippen LogP contribution in [0.2, 0.25) is 0 Å². The summed E-state index contributed by atoms with van der Waals surface area (Å²) in [7, 11) is 3.33. The fourth-order valence-corrected chi connectivity index (χ4v) is 4.85. The minimum atomic E-state index is 0.0725. The van der Waals surface area contributed by atoms with Crippen molar-refractivity contribution in [1.29, 1.82) is 0 Å². The van der Waals surface area contributed by atoms with E-state index in [1.54, 1.807) is 14.2 Å². The average molecular weight is 418 g/mol. The monoisotopic (exact) mass is 417 g/mol. The highest BCUT2D eigenvalue weighted by molar-refractivity contribution is 5.79. The van der Waals surface area contributed by atoms with Gasteiger partial charge in [0.1, 0.15) is 0 Å². The molecule has 0 aliphatic carbocycles. The Balaban J connectivity index is 1.67. The minimum Gasteiger partial charge on any atom is -0.493 e. The van der Waals surface area contributed by atoms with E-state index < -0.39 is 0 Å². The Morgan fingerprint density at radius 2 is 1.87 bits per heavy atom. The van der Waals surface area contributed by atoms with Crippen LogP contribution >= 0.6 is 0 Å². The molecule has 2 saturated heterocycles. The van der Waals surface area contributed by atoms with E-state index in [1.165, 1.54) is 31.5 Å². The van der Waals surface area contributed by atoms with Crippen molar-refractivity contribution in [2.24, 2.45) is 11.8 Å². The molecule has 1 aromatic rings. The number of benzene rings is 1. The van der Waals surface area contributed by atoms with Gasteiger partial charge in [0, 0.05) is 32.7 Å². The molecule has 2 aliphatic rings. The van der Waals surface area contributed by atoms with Crippen LogP contribution in [0.25, 0.3) is 0 Å². The second-order valence-corrected chi connectivity index (χ2v) is 8.83. The third-order valence-electron chi connectivity index (χ3n) is 6.38. The highest BCUT2D eigenvalue weighted by Crippen LogP contribution is 2.30. The molecule has 0 unspecified atom stereocenters. The first-order chi connectivity index (χ1) is 14.6. The summed E-state index contributed by atoms with van der Waals surface area (Å²) in [5.74, 6) is 2.35. The predicted molar refractivity (Wildman–Crippen MR) is 120 cm³/mol. The quantitative estimate of drug-likeness (QED) is 0.593. The standard InChI is InChI=1S/C24H39N3O3/c1-4-5-10-25-24(28)21-13-20(16-26-11-6-7-12-26)17-27(18-21)15-19-8-9-22(29-2)23(14-19)30-3/h8-9,14,20-21H,4-7,10-13,15-18H2,1-3H3,(H,25,28)/t20-,21-/m1/s1. The lowest BCUT2D eigenvalue weighted by molar-refractivity contribution is -0.127. The van der Waals surface area contributed by atoms with Gasteiger partial charge in [0.25, 0.3) is 0 Å². The average Bonchev–Trinajstić information content (AvgIpc) is 3.26. The zero-order chi connectivity index (χ0) is 21.3. The van der Waals surface area contributed by atoms with Crippen LogP contribution in [-0.4, -0.2) is 69.2 Å². The molecule has 2 atom stereocenters. The third-order valence-corrected chi connectivity index (χ3v) is 6.38. The summed E-state index contributed by atoms with van der Waals surface area (Å²) in [6.45, 7) is 9.17. The molecule has 6 nitrogen and oxygen atoms in total. The smallest absolute Gasteiger partial charge is 0.224 e. The SMILES string of the molecule is CCCCNC(=O)[C@@H]1C[C@H](CN2CCCC2)CN(Cc2ccc(OC)c(OC)c2)C1. The van der Waals surface area contributed by atoms with Crippen molar-refractivity contribution >= 4 is 5.91 Å². The highest BCUT2D eigenvalue weighted by Gasteiger charge is 2.32. The molecule has 0 saturated carbocycles. The van der Waals surface area contributed by atoms with Gasteiger partial charge >= 0.3 is 0 Å². The summed E-state index contributed by atoms with van der Waals surface area (Å²) >= 11 is 0. The van der Waals surface area contributed by atoms with E-state index in [9.17, 15) is 4.79 Å². The first kappa shape index (κ1) is 22.9. The molecule has 3 rings (SSSR count). The molecule has 0 aromatic heterocycles. The number of ether oxygens (including phenoxy) is 2. The molecular formula is C24H39N3O3. The number of amides is 1. The Kier molecular flexibility index (Phi) is 8.82. The second kappa shape index (κ2) is 11.6. The van der Waals surface area contributed by atoms with Gasteiger partial charge in [-0.05, 0) is 62.4 Å². The van der Waals surface area contributed by atoms with Gasteiger partial charge in [-0.1, -0.05) is 19.4 Å². The Bertz CT molecular complexity index is 676. The van der Waals surface area contributed by atoms with Crippen molar-refractivity contribution in [2.45, 2.75) is 45.6 Å². The number of likely N-dealkylation sites (tertiary alicyclic amines) is 2. The van der Waals surface area contributed by atoms with Crippen LogP contribution in [0.4, 0.5) is 0 Å². The van der Waals surface area contributed by atoms with Crippen molar-refractivity contribution in [1.82, 2.24) is 15.1 Å². The fraction of sp³-hybridized carbons (Fsp3) is 0.708. The van der Waals surface area contributed by atoms with Crippen LogP contribution in [0.5, 0.6) is 11.5 Å². The van der Waals surface area contributed by atoms with Crippen molar-refractivity contribution in [3.63, 3.8) is 0 Å². The maximum Gasteiger partial charge on any atom is 0.224 e. The van der Waals surface area contributed by atoms with Crippen LogP contribution in [0.3, 0.4) is 0 Å². The van der Waals surface area contributed by atoms with E-state index in [2.05, 4.69) is 34.2 Å². The number of nitrogens with one attached hydrogen (secondary N) is 1. The number of nitrogens with zero attached hydrogens (tertiary/aromatic N) is 2. The number of methoxy groups -OCH3 is 2. The number of carbonyl (C=O) groups is 1. The number of rotatable bonds is 10. The molecule has 6 heteroatoms. The Labute approximate surface area is 181 Å². The molecule has 2 fully saturated rings. The van der Waals surface area contributed by atoms with E-state index in [4.69, 9.17) is 9.47 Å². The van der Waals surface area contributed by atoms with E-state index in [0.29, 0.717) is 5.92 Å². The van der Waals surface area contributed by atoms with Crippen molar-refractivity contribution < 1.29 is 14.3 Å². The zero-order valence-electron chi connectivity index (χ0n) is 19.0. The molecule has 2 heterocycles. The second-order valence-electron chi connectivity index (χ2n) is 8.83. The van der Waals surface area contributed by atoms with Gasteiger partial charge in [-0.25, -0.2) is 0 Å². The number of hydrogen-bond donors (Lipinski definition) is 1. The molecule has 168 valence electrons. The predicted octanol–water partition coefficient (Wildman–Crippen LogP) is 3.15. The lowest BCUT2D eigenvalue weighted by Crippen LogP contribution is -2.48. The lowest BCUT2D eigenvalue weighted by atomic mass is 9.87. The molecular weight excluding hydrogens is 378 g/mol. The number of unbranched alkanes of at least 4 members (excludes halogenated alkanes) is 1. The van der Waals surface area contributed by atoms with Crippen LogP contribution in [0.15, 0.2) is 18.2 Å². The fourth-order valence-electron chi connectivity index (χ4n) is 4.85. The van der Waals surface area contributed by atoms with Crippen LogP contribution in [-0.2, 0) is 11.3 Å². The summed E-state index contributed by atoms with van der Waals surface area (Å²) in [4.78, 5) is 17.9. The van der Waals surface area contributed by atoms with Gasteiger partial charge in [-0.2, -0.15) is 0 Å². The maximum atomic E-state index is 12.8. The van der Waals surface area contributed by atoms with Crippen LogP contribution < -0.4 is 14.8 Å². The van der Waals surface area contributed by atoms with Crippen LogP contribution in [0, 0.1) is 11.8 Å². The van der Waals surface area contributed by atoms with Crippen LogP contribution in [0.1, 0.15) is 44.6 Å². The summed E-state index contributed by atoms with van der Waals surface area (Å²) in [6.07, 6.45) is 5.77. The number of hydrogen-bond acceptors (Lipinski definition) is 5. The summed E-state index contributed by atoms with van der Waals surface area (Å²) in [6, 6.07) is 6.12. The topological polar surface area (TPSA) is 54.0 Å². The summed E-state index contributed by atoms with van der Waals surface area (Å²) in [5.41, 5.74) is 1.19. The van der Waals surface area contributed by atoms with Crippen molar-refractivity contribution in [3.05, 3.63) is 23.8 Å². The van der Waals surface area contributed by atoms with E-state index in [1.807, 2.05) is 6.07 Å². The molecule has 1 N–H and O–H groups in total. The zero-order valence-corrected chi connectivity index (χ0v) is 19.0. The number of piperidine rings is 1. The lowest BCUT2D eigenvalue weighted by Gasteiger charge is -2.38. The maximum absolute atomic E-state index is 12.8. The van der Waals surface area contributed by atoms with Crippen molar-refractivity contribution in [3.8, 4) is 11.5 Å². The molecule has 30 heavy (non-hydrogen) atoms. The van der Waals surface area contributed by atoms with Gasteiger partial charge in [-0.3, -0.25) is 9.69 Å². The molecule has 1 aromatic carbocycles. The minimum absolute atomic E-state index is 0.0725. The Hall–Kier alpha value is -1.79. The Morgan fingerprint density at radius 1 is 1.10 bits per heavy atom. The molecule has 0 spiro atoms. The number of carbonyl (C=O) groups excluding carboxylic acids is 1.